The van der Waals surface area contributed by atoms with Gasteiger partial charge >= 0.3 is 0 Å². The maximum absolute atomic E-state index is 5.44. The highest BCUT2D eigenvalue weighted by molar-refractivity contribution is 9.09. The summed E-state index contributed by atoms with van der Waals surface area (Å²) in [5, 5.41) is 0.929. The topological polar surface area (TPSA) is 25.4 Å². The molecule has 0 radical (unpaired) electrons. The van der Waals surface area contributed by atoms with Gasteiger partial charge in [0.05, 0.1) is 12.8 Å². The van der Waals surface area contributed by atoms with Gasteiger partial charge in [0.25, 0.3) is 0 Å². The number of halogens is 1. The Balaban J connectivity index is 2.99. The van der Waals surface area contributed by atoms with Gasteiger partial charge in [-0.05, 0) is 34.7 Å². The van der Waals surface area contributed by atoms with Crippen molar-refractivity contribution in [3.63, 3.8) is 0 Å². The Labute approximate surface area is 119 Å². The van der Waals surface area contributed by atoms with Crippen LogP contribution in [0.4, 0.5) is 0 Å². The molecule has 18 heavy (non-hydrogen) atoms. The molecule has 0 aliphatic carbocycles. The number of nitrogens with zero attached hydrogens (tertiary/aromatic N) is 2. The predicted molar refractivity (Wildman–Crippen MR) is 79.6 cm³/mol. The lowest BCUT2D eigenvalue weighted by Gasteiger charge is -2.34. The van der Waals surface area contributed by atoms with Crippen LogP contribution in [0.5, 0.6) is 5.75 Å². The molecule has 0 atom stereocenters. The maximum atomic E-state index is 5.44. The quantitative estimate of drug-likeness (QED) is 0.780. The van der Waals surface area contributed by atoms with E-state index >= 15 is 0 Å². The van der Waals surface area contributed by atoms with Gasteiger partial charge < -0.3 is 4.74 Å². The first-order valence-electron chi connectivity index (χ1n) is 6.09. The molecule has 3 nitrogen and oxygen atoms in total. The number of aromatic nitrogens is 1. The summed E-state index contributed by atoms with van der Waals surface area (Å²) in [5.41, 5.74) is 3.40. The molecule has 0 aliphatic rings. The van der Waals surface area contributed by atoms with Crippen molar-refractivity contribution >= 4 is 15.9 Å². The molecule has 102 valence electrons. The van der Waals surface area contributed by atoms with Gasteiger partial charge in [-0.25, -0.2) is 0 Å². The number of methoxy groups -OCH3 is 1. The molecule has 0 N–H and O–H groups in total. The van der Waals surface area contributed by atoms with Crippen LogP contribution < -0.4 is 4.74 Å². The molecule has 0 amide bonds. The Bertz CT molecular complexity index is 419. The summed E-state index contributed by atoms with van der Waals surface area (Å²) >= 11 is 3.56. The maximum Gasteiger partial charge on any atom is 0.128 e. The highest BCUT2D eigenvalue weighted by Gasteiger charge is 2.23. The number of alkyl halides is 1. The fraction of sp³-hybridized carbons (Fsp3) is 0.643. The van der Waals surface area contributed by atoms with Crippen LogP contribution in [-0.4, -0.2) is 34.9 Å². The van der Waals surface area contributed by atoms with Gasteiger partial charge in [-0.1, -0.05) is 15.9 Å². The average Bonchev–Trinajstić information content (AvgIpc) is 2.33. The third-order valence-corrected chi connectivity index (χ3v) is 4.87. The van der Waals surface area contributed by atoms with E-state index in [9.17, 15) is 0 Å². The van der Waals surface area contributed by atoms with E-state index in [1.165, 1.54) is 0 Å². The number of hydrogen-bond acceptors (Lipinski definition) is 3. The molecule has 0 unspecified atom stereocenters. The molecular weight excluding hydrogens is 292 g/mol. The molecule has 0 saturated heterocycles. The molecule has 0 aliphatic heterocycles. The predicted octanol–water partition coefficient (Wildman–Crippen LogP) is 3.31. The Morgan fingerprint density at radius 3 is 2.50 bits per heavy atom. The standard InChI is InChI=1S/C14H23BrN2O/c1-10-7-16-12(11(2)13(10)18-6)8-17(5)14(3,4)9-15/h7H,8-9H2,1-6H3. The average molecular weight is 315 g/mol. The summed E-state index contributed by atoms with van der Waals surface area (Å²) in [6, 6.07) is 0. The first-order chi connectivity index (χ1) is 8.33. The number of hydrogen-bond donors (Lipinski definition) is 0. The van der Waals surface area contributed by atoms with Crippen molar-refractivity contribution in [2.75, 3.05) is 19.5 Å². The summed E-state index contributed by atoms with van der Waals surface area (Å²) in [5.74, 6) is 0.949. The van der Waals surface area contributed by atoms with Crippen molar-refractivity contribution in [3.8, 4) is 5.75 Å². The monoisotopic (exact) mass is 314 g/mol. The second-order valence-electron chi connectivity index (χ2n) is 5.35. The summed E-state index contributed by atoms with van der Waals surface area (Å²) in [4.78, 5) is 6.83. The summed E-state index contributed by atoms with van der Waals surface area (Å²) in [7, 11) is 3.83. The van der Waals surface area contributed by atoms with Crippen LogP contribution in [0.25, 0.3) is 0 Å². The summed E-state index contributed by atoms with van der Waals surface area (Å²) in [6.45, 7) is 9.34. The normalized spacial score (nSPS) is 12.0. The van der Waals surface area contributed by atoms with Gasteiger partial charge in [-0.3, -0.25) is 9.88 Å². The highest BCUT2D eigenvalue weighted by Crippen LogP contribution is 2.26. The van der Waals surface area contributed by atoms with E-state index in [2.05, 4.69) is 53.6 Å². The first kappa shape index (κ1) is 15.4. The van der Waals surface area contributed by atoms with E-state index in [0.29, 0.717) is 0 Å². The smallest absolute Gasteiger partial charge is 0.128 e. The van der Waals surface area contributed by atoms with E-state index < -0.39 is 0 Å². The second-order valence-corrected chi connectivity index (χ2v) is 5.91. The van der Waals surface area contributed by atoms with E-state index in [4.69, 9.17) is 4.74 Å². The lowest BCUT2D eigenvalue weighted by atomic mass is 10.1. The van der Waals surface area contributed by atoms with Crippen LogP contribution in [0.15, 0.2) is 6.20 Å². The van der Waals surface area contributed by atoms with Crippen molar-refractivity contribution in [2.24, 2.45) is 0 Å². The van der Waals surface area contributed by atoms with Crippen molar-refractivity contribution in [1.82, 2.24) is 9.88 Å². The fourth-order valence-electron chi connectivity index (χ4n) is 1.77. The minimum Gasteiger partial charge on any atom is -0.496 e. The lowest BCUT2D eigenvalue weighted by Crippen LogP contribution is -2.42. The molecular formula is C14H23BrN2O. The van der Waals surface area contributed by atoms with Gasteiger partial charge in [0.2, 0.25) is 0 Å². The van der Waals surface area contributed by atoms with E-state index in [1.807, 2.05) is 13.1 Å². The van der Waals surface area contributed by atoms with Crippen molar-refractivity contribution in [2.45, 2.75) is 39.8 Å². The number of pyridine rings is 1. The van der Waals surface area contributed by atoms with E-state index in [-0.39, 0.29) is 5.54 Å². The second kappa shape index (κ2) is 6.02. The minimum atomic E-state index is 0.103. The van der Waals surface area contributed by atoms with Gasteiger partial charge in [0.15, 0.2) is 0 Å². The summed E-state index contributed by atoms with van der Waals surface area (Å²) in [6.07, 6.45) is 1.89. The lowest BCUT2D eigenvalue weighted by molar-refractivity contribution is 0.171. The zero-order valence-electron chi connectivity index (χ0n) is 12.2. The molecule has 0 spiro atoms. The molecule has 1 aromatic rings. The van der Waals surface area contributed by atoms with Crippen LogP contribution in [0.1, 0.15) is 30.7 Å². The largest absolute Gasteiger partial charge is 0.496 e. The van der Waals surface area contributed by atoms with Gasteiger partial charge in [0.1, 0.15) is 5.75 Å². The van der Waals surface area contributed by atoms with Gasteiger partial charge in [0, 0.05) is 34.7 Å². The van der Waals surface area contributed by atoms with Crippen LogP contribution >= 0.6 is 15.9 Å². The SMILES string of the molecule is COc1c(C)cnc(CN(C)C(C)(C)CBr)c1C. The van der Waals surface area contributed by atoms with Gasteiger partial charge in [-0.15, -0.1) is 0 Å². The zero-order valence-corrected chi connectivity index (χ0v) is 13.8. The molecule has 4 heteroatoms. The van der Waals surface area contributed by atoms with Crippen molar-refractivity contribution < 1.29 is 4.74 Å². The molecule has 0 saturated carbocycles. The molecule has 0 aromatic carbocycles. The third-order valence-electron chi connectivity index (χ3n) is 3.50. The molecule has 1 heterocycles. The van der Waals surface area contributed by atoms with E-state index in [0.717, 1.165) is 34.4 Å². The van der Waals surface area contributed by atoms with Crippen LogP contribution in [-0.2, 0) is 6.54 Å². The Morgan fingerprint density at radius 1 is 1.39 bits per heavy atom. The molecule has 0 bridgehead atoms. The summed E-state index contributed by atoms with van der Waals surface area (Å²) < 4.78 is 5.44. The highest BCUT2D eigenvalue weighted by atomic mass is 79.9. The Morgan fingerprint density at radius 2 is 2.00 bits per heavy atom. The Hall–Kier alpha value is -0.610. The van der Waals surface area contributed by atoms with E-state index in [1.54, 1.807) is 7.11 Å². The van der Waals surface area contributed by atoms with Gasteiger partial charge in [-0.2, -0.15) is 0 Å². The Kier molecular flexibility index (Phi) is 5.17. The first-order valence-corrected chi connectivity index (χ1v) is 7.22. The van der Waals surface area contributed by atoms with Crippen LogP contribution in [0.2, 0.25) is 0 Å². The van der Waals surface area contributed by atoms with Crippen molar-refractivity contribution in [3.05, 3.63) is 23.0 Å². The minimum absolute atomic E-state index is 0.103. The van der Waals surface area contributed by atoms with Crippen LogP contribution in [0, 0.1) is 13.8 Å². The third kappa shape index (κ3) is 3.23. The number of rotatable bonds is 5. The molecule has 1 rings (SSSR count). The number of aryl methyl sites for hydroxylation is 1. The zero-order chi connectivity index (χ0) is 13.9. The molecule has 1 aromatic heterocycles. The molecule has 0 fully saturated rings. The number of ether oxygens (including phenoxy) is 1. The van der Waals surface area contributed by atoms with Crippen LogP contribution in [0.3, 0.4) is 0 Å². The van der Waals surface area contributed by atoms with Crippen molar-refractivity contribution in [1.29, 1.82) is 0 Å². The fourth-order valence-corrected chi connectivity index (χ4v) is 2.20.